The van der Waals surface area contributed by atoms with Crippen LogP contribution in [0.5, 0.6) is 0 Å². The van der Waals surface area contributed by atoms with Crippen LogP contribution >= 0.6 is 0 Å². The maximum atomic E-state index is 12.7. The summed E-state index contributed by atoms with van der Waals surface area (Å²) in [5.41, 5.74) is 10.3. The number of nitrogens with two attached hydrogens (primary N) is 1. The minimum atomic E-state index is -0.201. The fourth-order valence-corrected chi connectivity index (χ4v) is 3.93. The molecule has 1 aliphatic rings. The van der Waals surface area contributed by atoms with E-state index < -0.39 is 0 Å². The van der Waals surface area contributed by atoms with Crippen LogP contribution in [0.25, 0.3) is 0 Å². The number of nitrogens with one attached hydrogen (secondary N) is 1. The van der Waals surface area contributed by atoms with E-state index in [9.17, 15) is 9.59 Å². The quantitative estimate of drug-likeness (QED) is 0.200. The van der Waals surface area contributed by atoms with Gasteiger partial charge in [0.15, 0.2) is 0 Å². The van der Waals surface area contributed by atoms with Crippen LogP contribution in [0, 0.1) is 18.3 Å². The van der Waals surface area contributed by atoms with Crippen molar-refractivity contribution in [2.75, 3.05) is 18.5 Å². The zero-order valence-corrected chi connectivity index (χ0v) is 19.1. The molecule has 0 heterocycles. The lowest BCUT2D eigenvalue weighted by Gasteiger charge is -2.24. The molecule has 33 heavy (non-hydrogen) atoms. The number of anilines is 1. The lowest BCUT2D eigenvalue weighted by Crippen LogP contribution is -2.20. The van der Waals surface area contributed by atoms with Gasteiger partial charge in [-0.05, 0) is 67.0 Å². The second-order valence-electron chi connectivity index (χ2n) is 8.31. The van der Waals surface area contributed by atoms with Crippen LogP contribution in [0.3, 0.4) is 0 Å². The Labute approximate surface area is 195 Å². The Morgan fingerprint density at radius 3 is 2.67 bits per heavy atom. The van der Waals surface area contributed by atoms with Crippen molar-refractivity contribution in [3.63, 3.8) is 0 Å². The van der Waals surface area contributed by atoms with E-state index in [0.717, 1.165) is 43.4 Å². The number of carbonyl (C=O) groups excluding carboxylic acids is 2. The van der Waals surface area contributed by atoms with Gasteiger partial charge in [0.2, 0.25) is 0 Å². The third kappa shape index (κ3) is 6.95. The molecule has 0 bridgehead atoms. The standard InChI is InChI=1S/C27H31N3O3/c1-3-5-15-33-25(31)17-19-6-7-20-12-13-24(18-23(20)16-19)30-27(32)22-10-8-21(9-11-22)26(28)29-14-4-2/h2,8-13,18-19H,3,5-7,14-17H2,1H3,(H2,28,29)(H,30,32). The number of amides is 1. The van der Waals surface area contributed by atoms with Gasteiger partial charge in [0.05, 0.1) is 6.61 Å². The van der Waals surface area contributed by atoms with Gasteiger partial charge in [0.1, 0.15) is 12.4 Å². The lowest BCUT2D eigenvalue weighted by atomic mass is 9.82. The van der Waals surface area contributed by atoms with Crippen LogP contribution < -0.4 is 11.1 Å². The molecule has 0 fully saturated rings. The zero-order valence-electron chi connectivity index (χ0n) is 19.1. The Hall–Kier alpha value is -3.59. The number of aliphatic imine (C=N–C) groups is 1. The Morgan fingerprint density at radius 1 is 1.18 bits per heavy atom. The molecule has 6 heteroatoms. The summed E-state index contributed by atoms with van der Waals surface area (Å²) in [4.78, 5) is 28.9. The number of amidine groups is 1. The molecule has 0 aliphatic heterocycles. The second-order valence-corrected chi connectivity index (χ2v) is 8.31. The topological polar surface area (TPSA) is 93.8 Å². The van der Waals surface area contributed by atoms with E-state index in [-0.39, 0.29) is 24.3 Å². The van der Waals surface area contributed by atoms with Crippen molar-refractivity contribution >= 4 is 23.4 Å². The SMILES string of the molecule is C#CCN=C(N)c1ccc(C(=O)Nc2ccc3c(c2)CC(CC(=O)OCCCC)CC3)cc1. The monoisotopic (exact) mass is 445 g/mol. The first-order valence-corrected chi connectivity index (χ1v) is 11.4. The molecule has 0 saturated heterocycles. The van der Waals surface area contributed by atoms with Crippen molar-refractivity contribution in [2.45, 2.75) is 45.4 Å². The van der Waals surface area contributed by atoms with Crippen LogP contribution in [-0.2, 0) is 22.4 Å². The average Bonchev–Trinajstić information content (AvgIpc) is 2.82. The highest BCUT2D eigenvalue weighted by Gasteiger charge is 2.22. The van der Waals surface area contributed by atoms with Crippen molar-refractivity contribution in [1.82, 2.24) is 0 Å². The molecular formula is C27H31N3O3. The molecule has 6 nitrogen and oxygen atoms in total. The number of esters is 1. The number of ether oxygens (including phenoxy) is 1. The fraction of sp³-hybridized carbons (Fsp3) is 0.370. The van der Waals surface area contributed by atoms with Crippen LogP contribution in [0.4, 0.5) is 5.69 Å². The lowest BCUT2D eigenvalue weighted by molar-refractivity contribution is -0.145. The van der Waals surface area contributed by atoms with E-state index in [1.54, 1.807) is 24.3 Å². The third-order valence-corrected chi connectivity index (χ3v) is 5.79. The summed E-state index contributed by atoms with van der Waals surface area (Å²) in [5, 5.41) is 2.96. The number of rotatable bonds is 9. The van der Waals surface area contributed by atoms with Crippen molar-refractivity contribution in [1.29, 1.82) is 0 Å². The molecule has 172 valence electrons. The van der Waals surface area contributed by atoms with Gasteiger partial charge in [-0.1, -0.05) is 37.5 Å². The Bertz CT molecular complexity index is 1050. The molecule has 0 saturated carbocycles. The van der Waals surface area contributed by atoms with Gasteiger partial charge in [0.25, 0.3) is 5.91 Å². The maximum Gasteiger partial charge on any atom is 0.306 e. The second kappa shape index (κ2) is 11.9. The van der Waals surface area contributed by atoms with Crippen LogP contribution in [-0.4, -0.2) is 30.9 Å². The van der Waals surface area contributed by atoms with Gasteiger partial charge >= 0.3 is 5.97 Å². The minimum absolute atomic E-state index is 0.116. The molecule has 2 aromatic rings. The normalized spacial score (nSPS) is 15.3. The number of hydrogen-bond acceptors (Lipinski definition) is 4. The van der Waals surface area contributed by atoms with Gasteiger partial charge in [-0.15, -0.1) is 6.42 Å². The van der Waals surface area contributed by atoms with E-state index in [0.29, 0.717) is 24.4 Å². The first-order chi connectivity index (χ1) is 16.0. The molecule has 1 atom stereocenters. The summed E-state index contributed by atoms with van der Waals surface area (Å²) in [7, 11) is 0. The molecular weight excluding hydrogens is 414 g/mol. The van der Waals surface area contributed by atoms with Gasteiger partial charge in [0, 0.05) is 23.2 Å². The summed E-state index contributed by atoms with van der Waals surface area (Å²) in [6, 6.07) is 12.9. The number of terminal acetylenes is 1. The largest absolute Gasteiger partial charge is 0.466 e. The third-order valence-electron chi connectivity index (χ3n) is 5.79. The smallest absolute Gasteiger partial charge is 0.306 e. The van der Waals surface area contributed by atoms with Gasteiger partial charge in [-0.25, -0.2) is 0 Å². The number of benzene rings is 2. The Morgan fingerprint density at radius 2 is 1.94 bits per heavy atom. The predicted molar refractivity (Wildman–Crippen MR) is 131 cm³/mol. The molecule has 0 spiro atoms. The number of carbonyl (C=O) groups is 2. The number of aryl methyl sites for hydroxylation is 1. The molecule has 1 unspecified atom stereocenters. The van der Waals surface area contributed by atoms with Gasteiger partial charge in [-0.3, -0.25) is 14.6 Å². The number of nitrogens with zero attached hydrogens (tertiary/aromatic N) is 1. The van der Waals surface area contributed by atoms with E-state index in [4.69, 9.17) is 16.9 Å². The van der Waals surface area contributed by atoms with Crippen LogP contribution in [0.2, 0.25) is 0 Å². The molecule has 3 N–H and O–H groups in total. The van der Waals surface area contributed by atoms with Crippen LogP contribution in [0.1, 0.15) is 59.7 Å². The molecule has 3 rings (SSSR count). The zero-order chi connectivity index (χ0) is 23.6. The summed E-state index contributed by atoms with van der Waals surface area (Å²) < 4.78 is 5.32. The molecule has 1 aliphatic carbocycles. The molecule has 0 aromatic heterocycles. The highest BCUT2D eigenvalue weighted by molar-refractivity contribution is 6.05. The maximum absolute atomic E-state index is 12.7. The summed E-state index contributed by atoms with van der Waals surface area (Å²) in [6.07, 6.45) is 10.3. The van der Waals surface area contributed by atoms with Crippen LogP contribution in [0.15, 0.2) is 47.5 Å². The van der Waals surface area contributed by atoms with Crippen molar-refractivity contribution < 1.29 is 14.3 Å². The highest BCUT2D eigenvalue weighted by Crippen LogP contribution is 2.30. The summed E-state index contributed by atoms with van der Waals surface area (Å²) in [5.74, 6) is 2.71. The average molecular weight is 446 g/mol. The number of unbranched alkanes of at least 4 members (excludes halogenated alkanes) is 1. The van der Waals surface area contributed by atoms with E-state index >= 15 is 0 Å². The number of fused-ring (bicyclic) bond motifs is 1. The fourth-order valence-electron chi connectivity index (χ4n) is 3.93. The van der Waals surface area contributed by atoms with E-state index in [1.807, 2.05) is 12.1 Å². The molecule has 0 radical (unpaired) electrons. The van der Waals surface area contributed by atoms with Crippen molar-refractivity contribution in [2.24, 2.45) is 16.6 Å². The Kier molecular flexibility index (Phi) is 8.65. The summed E-state index contributed by atoms with van der Waals surface area (Å²) >= 11 is 0. The molecule has 2 aromatic carbocycles. The predicted octanol–water partition coefficient (Wildman–Crippen LogP) is 4.12. The van der Waals surface area contributed by atoms with E-state index in [2.05, 4.69) is 29.2 Å². The first kappa shape index (κ1) is 24.1. The molecule has 1 amide bonds. The summed E-state index contributed by atoms with van der Waals surface area (Å²) in [6.45, 7) is 2.79. The highest BCUT2D eigenvalue weighted by atomic mass is 16.5. The van der Waals surface area contributed by atoms with Crippen molar-refractivity contribution in [3.8, 4) is 12.3 Å². The van der Waals surface area contributed by atoms with Gasteiger partial charge in [-0.2, -0.15) is 0 Å². The Balaban J connectivity index is 1.60. The van der Waals surface area contributed by atoms with E-state index in [1.165, 1.54) is 11.1 Å². The first-order valence-electron chi connectivity index (χ1n) is 11.4. The van der Waals surface area contributed by atoms with Crippen molar-refractivity contribution in [3.05, 3.63) is 64.7 Å². The number of hydrogen-bond donors (Lipinski definition) is 2. The minimum Gasteiger partial charge on any atom is -0.466 e. The van der Waals surface area contributed by atoms with Gasteiger partial charge < -0.3 is 15.8 Å².